The van der Waals surface area contributed by atoms with E-state index in [2.05, 4.69) is 0 Å². The third-order valence-electron chi connectivity index (χ3n) is 1.38. The Balaban J connectivity index is 2.99. The number of hydrogen-bond acceptors (Lipinski definition) is 3. The van der Waals surface area contributed by atoms with Crippen molar-refractivity contribution in [1.29, 1.82) is 0 Å². The molecule has 1 aromatic rings. The summed E-state index contributed by atoms with van der Waals surface area (Å²) in [4.78, 5) is 10.2. The summed E-state index contributed by atoms with van der Waals surface area (Å²) in [5.41, 5.74) is 0.372. The Morgan fingerprint density at radius 2 is 2.33 bits per heavy atom. The molecule has 0 saturated heterocycles. The second kappa shape index (κ2) is 3.76. The number of carbonyl (C=O) groups excluding carboxylic acids is 1. The second-order valence-electron chi connectivity index (χ2n) is 2.22. The lowest BCUT2D eigenvalue weighted by molar-refractivity contribution is 0.318. The summed E-state index contributed by atoms with van der Waals surface area (Å²) in [7, 11) is 0. The summed E-state index contributed by atoms with van der Waals surface area (Å²) in [6.07, 6.45) is 1.71. The van der Waals surface area contributed by atoms with Crippen LogP contribution < -0.4 is 4.74 Å². The van der Waals surface area contributed by atoms with Crippen LogP contribution in [0.1, 0.15) is 12.5 Å². The van der Waals surface area contributed by atoms with Crippen LogP contribution in [-0.2, 0) is 4.79 Å². The highest BCUT2D eigenvalue weighted by Gasteiger charge is 2.02. The SMILES string of the molecule is CCOc1cc([C]=O)ccc1O. The van der Waals surface area contributed by atoms with Gasteiger partial charge in [0.25, 0.3) is 0 Å². The first-order valence-corrected chi connectivity index (χ1v) is 3.62. The van der Waals surface area contributed by atoms with Crippen molar-refractivity contribution in [3.63, 3.8) is 0 Å². The predicted molar refractivity (Wildman–Crippen MR) is 44.1 cm³/mol. The fraction of sp³-hybridized carbons (Fsp3) is 0.222. The number of aromatic hydroxyl groups is 1. The molecule has 0 atom stereocenters. The van der Waals surface area contributed by atoms with E-state index in [1.807, 2.05) is 0 Å². The number of rotatable bonds is 3. The standard InChI is InChI=1S/C9H9O3/c1-2-12-9-5-7(6-10)3-4-8(9)11/h3-5,11H,2H2,1H3. The highest BCUT2D eigenvalue weighted by atomic mass is 16.5. The quantitative estimate of drug-likeness (QED) is 0.733. The number of hydrogen-bond donors (Lipinski definition) is 1. The molecule has 12 heavy (non-hydrogen) atoms. The maximum absolute atomic E-state index is 10.2. The first-order valence-electron chi connectivity index (χ1n) is 3.62. The van der Waals surface area contributed by atoms with Crippen LogP contribution in [0.15, 0.2) is 18.2 Å². The van der Waals surface area contributed by atoms with E-state index in [1.165, 1.54) is 18.2 Å². The summed E-state index contributed by atoms with van der Waals surface area (Å²) < 4.78 is 5.05. The molecule has 0 amide bonds. The normalized spacial score (nSPS) is 9.42. The minimum Gasteiger partial charge on any atom is -0.504 e. The van der Waals surface area contributed by atoms with Crippen molar-refractivity contribution in [1.82, 2.24) is 0 Å². The van der Waals surface area contributed by atoms with Crippen molar-refractivity contribution < 1.29 is 14.6 Å². The molecule has 0 aliphatic rings. The van der Waals surface area contributed by atoms with E-state index in [-0.39, 0.29) is 5.75 Å². The smallest absolute Gasteiger partial charge is 0.233 e. The molecular formula is C9H9O3. The zero-order chi connectivity index (χ0) is 8.97. The van der Waals surface area contributed by atoms with Gasteiger partial charge in [0.1, 0.15) is 0 Å². The van der Waals surface area contributed by atoms with Gasteiger partial charge in [0.05, 0.1) is 6.61 Å². The summed E-state index contributed by atoms with van der Waals surface area (Å²) in [5, 5.41) is 9.21. The van der Waals surface area contributed by atoms with Crippen molar-refractivity contribution in [2.24, 2.45) is 0 Å². The number of phenolic OH excluding ortho intramolecular Hbond substituents is 1. The molecule has 1 rings (SSSR count). The molecule has 3 heteroatoms. The molecule has 0 aliphatic carbocycles. The Hall–Kier alpha value is -1.51. The van der Waals surface area contributed by atoms with E-state index in [1.54, 1.807) is 13.2 Å². The first-order chi connectivity index (χ1) is 5.77. The van der Waals surface area contributed by atoms with Gasteiger partial charge in [-0.15, -0.1) is 0 Å². The molecular weight excluding hydrogens is 156 g/mol. The van der Waals surface area contributed by atoms with Gasteiger partial charge in [0.2, 0.25) is 6.29 Å². The van der Waals surface area contributed by atoms with Crippen LogP contribution in [0.4, 0.5) is 0 Å². The molecule has 0 heterocycles. The maximum atomic E-state index is 10.2. The Morgan fingerprint density at radius 1 is 1.58 bits per heavy atom. The summed E-state index contributed by atoms with van der Waals surface area (Å²) in [5.74, 6) is 0.356. The van der Waals surface area contributed by atoms with Crippen LogP contribution in [0.25, 0.3) is 0 Å². The molecule has 0 aliphatic heterocycles. The van der Waals surface area contributed by atoms with E-state index in [4.69, 9.17) is 4.74 Å². The van der Waals surface area contributed by atoms with Crippen molar-refractivity contribution >= 4 is 6.29 Å². The predicted octanol–water partition coefficient (Wildman–Crippen LogP) is 1.25. The zero-order valence-electron chi connectivity index (χ0n) is 6.70. The van der Waals surface area contributed by atoms with Gasteiger partial charge in [-0.1, -0.05) is 0 Å². The van der Waals surface area contributed by atoms with Gasteiger partial charge in [0, 0.05) is 5.56 Å². The summed E-state index contributed by atoms with van der Waals surface area (Å²) in [6.45, 7) is 2.26. The van der Waals surface area contributed by atoms with Gasteiger partial charge in [-0.05, 0) is 25.1 Å². The van der Waals surface area contributed by atoms with Crippen LogP contribution in [0.2, 0.25) is 0 Å². The zero-order valence-corrected chi connectivity index (χ0v) is 6.70. The first kappa shape index (κ1) is 8.59. The maximum Gasteiger partial charge on any atom is 0.233 e. The van der Waals surface area contributed by atoms with Gasteiger partial charge in [-0.2, -0.15) is 0 Å². The highest BCUT2D eigenvalue weighted by molar-refractivity contribution is 5.76. The average molecular weight is 165 g/mol. The van der Waals surface area contributed by atoms with E-state index < -0.39 is 0 Å². The van der Waals surface area contributed by atoms with Gasteiger partial charge in [-0.3, -0.25) is 4.79 Å². The highest BCUT2D eigenvalue weighted by Crippen LogP contribution is 2.25. The third kappa shape index (κ3) is 1.75. The monoisotopic (exact) mass is 165 g/mol. The van der Waals surface area contributed by atoms with Crippen LogP contribution in [0, 0.1) is 0 Å². The van der Waals surface area contributed by atoms with E-state index in [0.29, 0.717) is 17.9 Å². The van der Waals surface area contributed by atoms with Crippen LogP contribution in [0.3, 0.4) is 0 Å². The lowest BCUT2D eigenvalue weighted by Crippen LogP contribution is -1.92. The molecule has 0 aromatic heterocycles. The van der Waals surface area contributed by atoms with Gasteiger partial charge < -0.3 is 9.84 Å². The third-order valence-corrected chi connectivity index (χ3v) is 1.38. The number of ether oxygens (including phenoxy) is 1. The minimum absolute atomic E-state index is 0.0378. The van der Waals surface area contributed by atoms with Gasteiger partial charge >= 0.3 is 0 Å². The molecule has 0 spiro atoms. The fourth-order valence-electron chi connectivity index (χ4n) is 0.849. The van der Waals surface area contributed by atoms with E-state index in [9.17, 15) is 9.90 Å². The van der Waals surface area contributed by atoms with Crippen molar-refractivity contribution in [3.8, 4) is 11.5 Å². The van der Waals surface area contributed by atoms with E-state index in [0.717, 1.165) is 0 Å². The Morgan fingerprint density at radius 3 is 2.92 bits per heavy atom. The molecule has 3 nitrogen and oxygen atoms in total. The molecule has 1 N–H and O–H groups in total. The summed E-state index contributed by atoms with van der Waals surface area (Å²) in [6, 6.07) is 4.34. The second-order valence-corrected chi connectivity index (χ2v) is 2.22. The average Bonchev–Trinajstić information content (AvgIpc) is 2.09. The van der Waals surface area contributed by atoms with Crippen molar-refractivity contribution in [2.75, 3.05) is 6.61 Å². The number of benzene rings is 1. The Bertz CT molecular complexity index is 281. The minimum atomic E-state index is 0.0378. The fourth-order valence-corrected chi connectivity index (χ4v) is 0.849. The van der Waals surface area contributed by atoms with Gasteiger partial charge in [-0.25, -0.2) is 0 Å². The lowest BCUT2D eigenvalue weighted by atomic mass is 10.2. The Kier molecular flexibility index (Phi) is 2.69. The molecule has 63 valence electrons. The topological polar surface area (TPSA) is 46.5 Å². The summed E-state index contributed by atoms with van der Waals surface area (Å²) >= 11 is 0. The van der Waals surface area contributed by atoms with Gasteiger partial charge in [0.15, 0.2) is 11.5 Å². The molecule has 0 saturated carbocycles. The molecule has 0 bridgehead atoms. The lowest BCUT2D eigenvalue weighted by Gasteiger charge is -2.04. The van der Waals surface area contributed by atoms with Crippen molar-refractivity contribution in [2.45, 2.75) is 6.92 Å². The van der Waals surface area contributed by atoms with E-state index >= 15 is 0 Å². The molecule has 1 radical (unpaired) electrons. The Labute approximate surface area is 70.6 Å². The van der Waals surface area contributed by atoms with Crippen LogP contribution >= 0.6 is 0 Å². The van der Waals surface area contributed by atoms with Crippen LogP contribution in [0.5, 0.6) is 11.5 Å². The number of phenols is 1. The molecule has 1 aromatic carbocycles. The van der Waals surface area contributed by atoms with Crippen LogP contribution in [-0.4, -0.2) is 18.0 Å². The molecule has 0 unspecified atom stereocenters. The van der Waals surface area contributed by atoms with Crippen molar-refractivity contribution in [3.05, 3.63) is 23.8 Å². The molecule has 0 fully saturated rings. The largest absolute Gasteiger partial charge is 0.504 e.